The van der Waals surface area contributed by atoms with Gasteiger partial charge in [-0.25, -0.2) is 8.78 Å². The largest absolute Gasteiger partial charge is 0.322 e. The van der Waals surface area contributed by atoms with Gasteiger partial charge in [0.15, 0.2) is 0 Å². The summed E-state index contributed by atoms with van der Waals surface area (Å²) in [7, 11) is 0. The molecule has 1 heterocycles. The van der Waals surface area contributed by atoms with Crippen LogP contribution in [0, 0.1) is 0 Å². The minimum atomic E-state index is -2.54. The number of carbonyl (C=O) groups excluding carboxylic acids is 1. The number of halogens is 2. The molecule has 0 aliphatic heterocycles. The van der Waals surface area contributed by atoms with E-state index < -0.39 is 18.8 Å². The van der Waals surface area contributed by atoms with Gasteiger partial charge in [-0.15, -0.1) is 0 Å². The Morgan fingerprint density at radius 1 is 1.32 bits per heavy atom. The molecule has 0 radical (unpaired) electrons. The molecule has 1 aliphatic rings. The first-order chi connectivity index (χ1) is 11.8. The SMILES string of the molecule is CC1CC(C)(C)c2cccc(NC(=O)c3cccnc3CC(F)F)c21. The summed E-state index contributed by atoms with van der Waals surface area (Å²) in [6, 6.07) is 9.03. The predicted molar refractivity (Wildman–Crippen MR) is 94.4 cm³/mol. The highest BCUT2D eigenvalue weighted by atomic mass is 19.3. The zero-order chi connectivity index (χ0) is 18.2. The molecule has 1 aromatic heterocycles. The van der Waals surface area contributed by atoms with Crippen LogP contribution in [0.25, 0.3) is 0 Å². The molecule has 1 aromatic carbocycles. The van der Waals surface area contributed by atoms with Crippen molar-refractivity contribution < 1.29 is 13.6 Å². The van der Waals surface area contributed by atoms with E-state index in [2.05, 4.69) is 37.1 Å². The summed E-state index contributed by atoms with van der Waals surface area (Å²) >= 11 is 0. The first kappa shape index (κ1) is 17.5. The Hall–Kier alpha value is -2.30. The second kappa shape index (κ2) is 6.54. The Morgan fingerprint density at radius 2 is 2.08 bits per heavy atom. The van der Waals surface area contributed by atoms with Crippen LogP contribution >= 0.6 is 0 Å². The highest BCUT2D eigenvalue weighted by Gasteiger charge is 2.36. The highest BCUT2D eigenvalue weighted by molar-refractivity contribution is 6.05. The summed E-state index contributed by atoms with van der Waals surface area (Å²) in [6.07, 6.45) is -0.624. The average Bonchev–Trinajstić information content (AvgIpc) is 2.77. The fraction of sp³-hybridized carbons (Fsp3) is 0.400. The van der Waals surface area contributed by atoms with Crippen LogP contribution < -0.4 is 5.32 Å². The number of nitrogens with zero attached hydrogens (tertiary/aromatic N) is 1. The number of amides is 1. The third kappa shape index (κ3) is 3.41. The van der Waals surface area contributed by atoms with E-state index in [0.29, 0.717) is 5.92 Å². The van der Waals surface area contributed by atoms with Gasteiger partial charge in [-0.2, -0.15) is 0 Å². The first-order valence-corrected chi connectivity index (χ1v) is 8.46. The van der Waals surface area contributed by atoms with Gasteiger partial charge in [0.25, 0.3) is 5.91 Å². The van der Waals surface area contributed by atoms with E-state index >= 15 is 0 Å². The summed E-state index contributed by atoms with van der Waals surface area (Å²) in [5, 5.41) is 2.92. The van der Waals surface area contributed by atoms with Gasteiger partial charge in [0.05, 0.1) is 17.7 Å². The topological polar surface area (TPSA) is 42.0 Å². The molecule has 0 spiro atoms. The van der Waals surface area contributed by atoms with Crippen LogP contribution in [0.3, 0.4) is 0 Å². The van der Waals surface area contributed by atoms with Crippen molar-refractivity contribution in [3.8, 4) is 0 Å². The molecular formula is C20H22F2N2O. The van der Waals surface area contributed by atoms with Crippen LogP contribution in [0.5, 0.6) is 0 Å². The number of alkyl halides is 2. The third-order valence-electron chi connectivity index (χ3n) is 4.88. The van der Waals surface area contributed by atoms with E-state index in [4.69, 9.17) is 0 Å². The molecule has 1 N–H and O–H groups in total. The summed E-state index contributed by atoms with van der Waals surface area (Å²) in [5.41, 5.74) is 3.51. The number of fused-ring (bicyclic) bond motifs is 1. The summed E-state index contributed by atoms with van der Waals surface area (Å²) < 4.78 is 25.5. The van der Waals surface area contributed by atoms with Gasteiger partial charge in [-0.3, -0.25) is 9.78 Å². The number of pyridine rings is 1. The Labute approximate surface area is 146 Å². The number of carbonyl (C=O) groups is 1. The quantitative estimate of drug-likeness (QED) is 0.855. The Morgan fingerprint density at radius 3 is 2.80 bits per heavy atom. The monoisotopic (exact) mass is 344 g/mol. The van der Waals surface area contributed by atoms with Gasteiger partial charge in [-0.05, 0) is 47.1 Å². The molecule has 1 amide bonds. The van der Waals surface area contributed by atoms with Crippen LogP contribution in [-0.2, 0) is 11.8 Å². The van der Waals surface area contributed by atoms with Gasteiger partial charge in [0.1, 0.15) is 0 Å². The maximum Gasteiger partial charge on any atom is 0.257 e. The molecule has 1 unspecified atom stereocenters. The Kier molecular flexibility index (Phi) is 4.58. The van der Waals surface area contributed by atoms with Crippen LogP contribution in [0.1, 0.15) is 60.3 Å². The minimum Gasteiger partial charge on any atom is -0.322 e. The molecule has 0 saturated carbocycles. The molecular weight excluding hydrogens is 322 g/mol. The second-order valence-electron chi connectivity index (χ2n) is 7.30. The van der Waals surface area contributed by atoms with Crippen LogP contribution in [0.2, 0.25) is 0 Å². The molecule has 3 rings (SSSR count). The van der Waals surface area contributed by atoms with E-state index in [1.54, 1.807) is 6.07 Å². The van der Waals surface area contributed by atoms with E-state index in [-0.39, 0.29) is 16.7 Å². The van der Waals surface area contributed by atoms with Crippen LogP contribution in [-0.4, -0.2) is 17.3 Å². The fourth-order valence-corrected chi connectivity index (χ4v) is 3.92. The number of anilines is 1. The number of hydrogen-bond acceptors (Lipinski definition) is 2. The lowest BCUT2D eigenvalue weighted by molar-refractivity contribution is 0.102. The predicted octanol–water partition coefficient (Wildman–Crippen LogP) is 4.93. The van der Waals surface area contributed by atoms with Crippen LogP contribution in [0.15, 0.2) is 36.5 Å². The van der Waals surface area contributed by atoms with E-state index in [0.717, 1.165) is 17.7 Å². The molecule has 25 heavy (non-hydrogen) atoms. The molecule has 1 atom stereocenters. The van der Waals surface area contributed by atoms with Gasteiger partial charge in [0.2, 0.25) is 6.43 Å². The maximum atomic E-state index is 12.7. The van der Waals surface area contributed by atoms with Crippen molar-refractivity contribution in [3.63, 3.8) is 0 Å². The normalized spacial score (nSPS) is 18.2. The van der Waals surface area contributed by atoms with E-state index in [1.165, 1.54) is 17.8 Å². The number of hydrogen-bond donors (Lipinski definition) is 1. The Balaban J connectivity index is 1.93. The highest BCUT2D eigenvalue weighted by Crippen LogP contribution is 2.48. The fourth-order valence-electron chi connectivity index (χ4n) is 3.92. The second-order valence-corrected chi connectivity index (χ2v) is 7.30. The lowest BCUT2D eigenvalue weighted by atomic mass is 9.86. The molecule has 0 bridgehead atoms. The van der Waals surface area contributed by atoms with Crippen molar-refractivity contribution >= 4 is 11.6 Å². The van der Waals surface area contributed by atoms with E-state index in [9.17, 15) is 13.6 Å². The zero-order valence-corrected chi connectivity index (χ0v) is 14.6. The molecule has 2 aromatic rings. The zero-order valence-electron chi connectivity index (χ0n) is 14.6. The lowest BCUT2D eigenvalue weighted by Crippen LogP contribution is -2.18. The first-order valence-electron chi connectivity index (χ1n) is 8.46. The van der Waals surface area contributed by atoms with E-state index in [1.807, 2.05) is 12.1 Å². The summed E-state index contributed by atoms with van der Waals surface area (Å²) in [5.74, 6) is -0.0648. The molecule has 1 aliphatic carbocycles. The van der Waals surface area contributed by atoms with Gasteiger partial charge >= 0.3 is 0 Å². The number of rotatable bonds is 4. The average molecular weight is 344 g/mol. The van der Waals surface area contributed by atoms with Crippen molar-refractivity contribution in [2.24, 2.45) is 0 Å². The molecule has 132 valence electrons. The third-order valence-corrected chi connectivity index (χ3v) is 4.88. The van der Waals surface area contributed by atoms with Gasteiger partial charge in [0, 0.05) is 11.9 Å². The molecule has 3 nitrogen and oxygen atoms in total. The van der Waals surface area contributed by atoms with Crippen molar-refractivity contribution in [3.05, 3.63) is 58.9 Å². The molecule has 5 heteroatoms. The standard InChI is InChI=1S/C20H22F2N2O/c1-12-11-20(2,3)14-7-4-8-15(18(12)14)24-19(25)13-6-5-9-23-16(13)10-17(21)22/h4-9,12,17H,10-11H2,1-3H3,(H,24,25). The van der Waals surface area contributed by atoms with Crippen molar-refractivity contribution in [2.75, 3.05) is 5.32 Å². The van der Waals surface area contributed by atoms with Crippen molar-refractivity contribution in [1.29, 1.82) is 0 Å². The van der Waals surface area contributed by atoms with Crippen molar-refractivity contribution in [1.82, 2.24) is 4.98 Å². The molecule has 0 fully saturated rings. The summed E-state index contributed by atoms with van der Waals surface area (Å²) in [4.78, 5) is 16.6. The number of nitrogens with one attached hydrogen (secondary N) is 1. The van der Waals surface area contributed by atoms with Crippen molar-refractivity contribution in [2.45, 2.75) is 51.4 Å². The summed E-state index contributed by atoms with van der Waals surface area (Å²) in [6.45, 7) is 6.54. The molecule has 0 saturated heterocycles. The van der Waals surface area contributed by atoms with Gasteiger partial charge in [-0.1, -0.05) is 32.9 Å². The maximum absolute atomic E-state index is 12.7. The smallest absolute Gasteiger partial charge is 0.257 e. The van der Waals surface area contributed by atoms with Crippen LogP contribution in [0.4, 0.5) is 14.5 Å². The number of benzene rings is 1. The van der Waals surface area contributed by atoms with Gasteiger partial charge < -0.3 is 5.32 Å². The lowest BCUT2D eigenvalue weighted by Gasteiger charge is -2.19. The Bertz CT molecular complexity index is 802. The number of aromatic nitrogens is 1. The minimum absolute atomic E-state index is 0.0601.